The fraction of sp³-hybridized carbons (Fsp3) is 0.455. The molecule has 0 amide bonds. The number of hydrogen-bond donors (Lipinski definition) is 2. The lowest BCUT2D eigenvalue weighted by molar-refractivity contribution is 0.208. The minimum absolute atomic E-state index is 0.0844. The van der Waals surface area contributed by atoms with E-state index < -0.39 is 0 Å². The maximum atomic E-state index is 9.37. The van der Waals surface area contributed by atoms with Crippen molar-refractivity contribution in [2.24, 2.45) is 5.73 Å². The van der Waals surface area contributed by atoms with Gasteiger partial charge in [-0.3, -0.25) is 0 Å². The summed E-state index contributed by atoms with van der Waals surface area (Å²) in [7, 11) is 0. The van der Waals surface area contributed by atoms with Crippen LogP contribution in [0.3, 0.4) is 0 Å². The summed E-state index contributed by atoms with van der Waals surface area (Å²) >= 11 is 1.69. The van der Waals surface area contributed by atoms with Crippen molar-refractivity contribution in [3.05, 3.63) is 29.8 Å². The summed E-state index contributed by atoms with van der Waals surface area (Å²) in [6.07, 6.45) is 2.03. The molecule has 0 aliphatic heterocycles. The summed E-state index contributed by atoms with van der Waals surface area (Å²) in [4.78, 5) is 1.19. The van der Waals surface area contributed by atoms with Gasteiger partial charge in [-0.15, -0.1) is 11.8 Å². The first-order chi connectivity index (χ1) is 6.68. The molecule has 2 nitrogen and oxygen atoms in total. The number of rotatable bonds is 4. The summed E-state index contributed by atoms with van der Waals surface area (Å²) < 4.78 is 0. The second-order valence-corrected chi connectivity index (χ2v) is 4.47. The van der Waals surface area contributed by atoms with Gasteiger partial charge in [0.25, 0.3) is 0 Å². The Morgan fingerprint density at radius 2 is 2.07 bits per heavy atom. The number of aliphatic hydroxyl groups excluding tert-OH is 1. The molecule has 1 atom stereocenters. The van der Waals surface area contributed by atoms with E-state index in [9.17, 15) is 5.11 Å². The Morgan fingerprint density at radius 3 is 2.57 bits per heavy atom. The van der Waals surface area contributed by atoms with Crippen LogP contribution in [0.4, 0.5) is 0 Å². The Labute approximate surface area is 89.5 Å². The Balaban J connectivity index is 3.15. The first kappa shape index (κ1) is 11.6. The average molecular weight is 211 g/mol. The van der Waals surface area contributed by atoms with Crippen molar-refractivity contribution < 1.29 is 5.11 Å². The highest BCUT2D eigenvalue weighted by molar-refractivity contribution is 7.98. The van der Waals surface area contributed by atoms with Gasteiger partial charge in [0.05, 0.1) is 6.61 Å². The summed E-state index contributed by atoms with van der Waals surface area (Å²) in [5, 5.41) is 9.37. The van der Waals surface area contributed by atoms with Crippen LogP contribution in [0.5, 0.6) is 0 Å². The van der Waals surface area contributed by atoms with Gasteiger partial charge in [-0.1, -0.05) is 25.1 Å². The lowest BCUT2D eigenvalue weighted by atomic mass is 9.83. The number of thioether (sulfide) groups is 1. The van der Waals surface area contributed by atoms with Crippen LogP contribution in [0.1, 0.15) is 12.5 Å². The Bertz CT molecular complexity index is 297. The number of nitrogens with two attached hydrogens (primary N) is 1. The topological polar surface area (TPSA) is 46.2 Å². The van der Waals surface area contributed by atoms with Gasteiger partial charge in [-0.25, -0.2) is 0 Å². The van der Waals surface area contributed by atoms with Crippen molar-refractivity contribution in [3.63, 3.8) is 0 Å². The Kier molecular flexibility index (Phi) is 3.98. The van der Waals surface area contributed by atoms with Crippen molar-refractivity contribution in [3.8, 4) is 0 Å². The van der Waals surface area contributed by atoms with Gasteiger partial charge >= 0.3 is 0 Å². The van der Waals surface area contributed by atoms with Gasteiger partial charge < -0.3 is 10.8 Å². The van der Waals surface area contributed by atoms with E-state index >= 15 is 0 Å². The summed E-state index contributed by atoms with van der Waals surface area (Å²) in [6.45, 7) is 2.53. The molecule has 0 aromatic heterocycles. The summed E-state index contributed by atoms with van der Waals surface area (Å²) in [6, 6.07) is 8.08. The molecule has 0 spiro atoms. The molecule has 0 saturated carbocycles. The molecule has 0 aliphatic rings. The minimum atomic E-state index is -0.320. The van der Waals surface area contributed by atoms with Crippen LogP contribution in [0.15, 0.2) is 29.2 Å². The van der Waals surface area contributed by atoms with Crippen molar-refractivity contribution in [2.45, 2.75) is 17.2 Å². The molecule has 0 fully saturated rings. The third-order valence-corrected chi connectivity index (χ3v) is 3.35. The highest BCUT2D eigenvalue weighted by Gasteiger charge is 2.26. The van der Waals surface area contributed by atoms with Crippen LogP contribution in [-0.4, -0.2) is 24.5 Å². The van der Waals surface area contributed by atoms with Crippen molar-refractivity contribution in [2.75, 3.05) is 19.4 Å². The van der Waals surface area contributed by atoms with Crippen LogP contribution in [0.2, 0.25) is 0 Å². The molecule has 3 N–H and O–H groups in total. The summed E-state index contributed by atoms with van der Waals surface area (Å²) in [5.74, 6) is 0. The van der Waals surface area contributed by atoms with E-state index in [1.165, 1.54) is 4.90 Å². The van der Waals surface area contributed by atoms with E-state index in [-0.39, 0.29) is 12.0 Å². The lowest BCUT2D eigenvalue weighted by Gasteiger charge is -2.27. The highest BCUT2D eigenvalue weighted by atomic mass is 32.2. The second kappa shape index (κ2) is 4.82. The van der Waals surface area contributed by atoms with Gasteiger partial charge in [0.2, 0.25) is 0 Å². The number of hydrogen-bond acceptors (Lipinski definition) is 3. The third-order valence-electron chi connectivity index (χ3n) is 2.56. The van der Waals surface area contributed by atoms with Gasteiger partial charge in [0.15, 0.2) is 0 Å². The predicted molar refractivity (Wildman–Crippen MR) is 61.7 cm³/mol. The van der Waals surface area contributed by atoms with Gasteiger partial charge in [-0.05, 0) is 17.9 Å². The molecular weight excluding hydrogens is 194 g/mol. The van der Waals surface area contributed by atoms with Crippen molar-refractivity contribution in [1.29, 1.82) is 0 Å². The minimum Gasteiger partial charge on any atom is -0.395 e. The summed E-state index contributed by atoms with van der Waals surface area (Å²) in [5.41, 5.74) is 6.52. The first-order valence-electron chi connectivity index (χ1n) is 4.62. The van der Waals surface area contributed by atoms with Crippen LogP contribution in [-0.2, 0) is 5.41 Å². The molecule has 1 rings (SSSR count). The predicted octanol–water partition coefficient (Wildman–Crippen LogP) is 1.62. The molecule has 3 heteroatoms. The molecular formula is C11H17NOS. The van der Waals surface area contributed by atoms with E-state index in [1.54, 1.807) is 11.8 Å². The highest BCUT2D eigenvalue weighted by Crippen LogP contribution is 2.30. The number of benzene rings is 1. The molecule has 1 aromatic carbocycles. The molecule has 0 saturated heterocycles. The van der Waals surface area contributed by atoms with E-state index in [0.717, 1.165) is 5.56 Å². The standard InChI is InChI=1S/C11H17NOS/c1-11(7-12,8-13)9-5-3-4-6-10(9)14-2/h3-6,13H,7-8,12H2,1-2H3. The zero-order valence-corrected chi connectivity index (χ0v) is 9.47. The molecule has 0 radical (unpaired) electrons. The molecule has 0 bridgehead atoms. The zero-order valence-electron chi connectivity index (χ0n) is 8.66. The quantitative estimate of drug-likeness (QED) is 0.744. The van der Waals surface area contributed by atoms with Crippen molar-refractivity contribution >= 4 is 11.8 Å². The van der Waals surface area contributed by atoms with E-state index in [1.807, 2.05) is 31.4 Å². The molecule has 14 heavy (non-hydrogen) atoms. The zero-order chi connectivity index (χ0) is 10.6. The maximum absolute atomic E-state index is 9.37. The molecule has 1 aromatic rings. The first-order valence-corrected chi connectivity index (χ1v) is 5.85. The van der Waals surface area contributed by atoms with Crippen LogP contribution in [0, 0.1) is 0 Å². The van der Waals surface area contributed by atoms with Crippen LogP contribution < -0.4 is 5.73 Å². The largest absolute Gasteiger partial charge is 0.395 e. The van der Waals surface area contributed by atoms with Gasteiger partial charge in [0, 0.05) is 16.9 Å². The van der Waals surface area contributed by atoms with Crippen molar-refractivity contribution in [1.82, 2.24) is 0 Å². The van der Waals surface area contributed by atoms with E-state index in [0.29, 0.717) is 6.54 Å². The average Bonchev–Trinajstić information content (AvgIpc) is 2.28. The van der Waals surface area contributed by atoms with Gasteiger partial charge in [-0.2, -0.15) is 0 Å². The maximum Gasteiger partial charge on any atom is 0.0537 e. The smallest absolute Gasteiger partial charge is 0.0537 e. The molecule has 0 heterocycles. The fourth-order valence-corrected chi connectivity index (χ4v) is 2.15. The SMILES string of the molecule is CSc1ccccc1C(C)(CN)CO. The number of aliphatic hydroxyl groups is 1. The van der Waals surface area contributed by atoms with Crippen LogP contribution in [0.25, 0.3) is 0 Å². The molecule has 78 valence electrons. The Hall–Kier alpha value is -0.510. The fourth-order valence-electron chi connectivity index (χ4n) is 1.40. The van der Waals surface area contributed by atoms with E-state index in [2.05, 4.69) is 6.07 Å². The van der Waals surface area contributed by atoms with Gasteiger partial charge in [0.1, 0.15) is 0 Å². The normalized spacial score (nSPS) is 15.1. The van der Waals surface area contributed by atoms with Crippen LogP contribution >= 0.6 is 11.8 Å². The second-order valence-electron chi connectivity index (χ2n) is 3.62. The van der Waals surface area contributed by atoms with E-state index in [4.69, 9.17) is 5.73 Å². The lowest BCUT2D eigenvalue weighted by Crippen LogP contribution is -2.36. The Morgan fingerprint density at radius 1 is 1.43 bits per heavy atom. The molecule has 0 aliphatic carbocycles. The molecule has 1 unspecified atom stereocenters. The monoisotopic (exact) mass is 211 g/mol. The third kappa shape index (κ3) is 2.11.